The minimum Gasteiger partial charge on any atom is -0.453 e. The molecule has 0 radical (unpaired) electrons. The molecule has 0 atom stereocenters. The van der Waals surface area contributed by atoms with Crippen LogP contribution < -0.4 is 14.5 Å². The zero-order valence-electron chi connectivity index (χ0n) is 25.6. The highest BCUT2D eigenvalue weighted by Gasteiger charge is 2.42. The van der Waals surface area contributed by atoms with Gasteiger partial charge in [-0.1, -0.05) is 111 Å². The van der Waals surface area contributed by atoms with Gasteiger partial charge in [0.15, 0.2) is 11.5 Å². The summed E-state index contributed by atoms with van der Waals surface area (Å²) in [6, 6.07) is 50.5. The number of ether oxygens (including phenoxy) is 1. The summed E-state index contributed by atoms with van der Waals surface area (Å²) in [7, 11) is 0. The zero-order valence-corrected chi connectivity index (χ0v) is 25.6. The van der Waals surface area contributed by atoms with Crippen molar-refractivity contribution in [1.29, 1.82) is 0 Å². The SMILES string of the molecule is Cc1cccc2c1N1c3cc(N(c4ccc5ccccc5c4)c4cccc5ccccc45)ccc3C(C)(C)c3cccc(c31)O2. The van der Waals surface area contributed by atoms with E-state index in [-0.39, 0.29) is 5.41 Å². The van der Waals surface area contributed by atoms with Crippen molar-refractivity contribution in [3.8, 4) is 11.5 Å². The van der Waals surface area contributed by atoms with Crippen molar-refractivity contribution in [2.75, 3.05) is 9.80 Å². The second-order valence-electron chi connectivity index (χ2n) is 12.7. The lowest BCUT2D eigenvalue weighted by Crippen LogP contribution is -2.32. The maximum Gasteiger partial charge on any atom is 0.151 e. The van der Waals surface area contributed by atoms with Gasteiger partial charge in [-0.15, -0.1) is 0 Å². The second-order valence-corrected chi connectivity index (χ2v) is 12.7. The molecule has 7 aromatic rings. The summed E-state index contributed by atoms with van der Waals surface area (Å²) in [5.41, 5.74) is 10.3. The Morgan fingerprint density at radius 1 is 0.556 bits per heavy atom. The first-order valence-corrected chi connectivity index (χ1v) is 15.6. The fourth-order valence-corrected chi connectivity index (χ4v) is 7.48. The summed E-state index contributed by atoms with van der Waals surface area (Å²) in [4.78, 5) is 4.87. The normalized spacial score (nSPS) is 14.0. The molecule has 9 rings (SSSR count). The number of fused-ring (bicyclic) bond motifs is 6. The van der Waals surface area contributed by atoms with E-state index in [9.17, 15) is 0 Å². The lowest BCUT2D eigenvalue weighted by molar-refractivity contribution is 0.471. The van der Waals surface area contributed by atoms with Crippen molar-refractivity contribution in [1.82, 2.24) is 0 Å². The van der Waals surface area contributed by atoms with Gasteiger partial charge in [0.25, 0.3) is 0 Å². The summed E-state index contributed by atoms with van der Waals surface area (Å²) < 4.78 is 6.57. The Bertz CT molecular complexity index is 2310. The molecule has 2 aliphatic rings. The molecule has 3 nitrogen and oxygen atoms in total. The lowest BCUT2D eigenvalue weighted by Gasteiger charge is -2.45. The highest BCUT2D eigenvalue weighted by Crippen LogP contribution is 2.61. The molecule has 2 heterocycles. The van der Waals surface area contributed by atoms with Gasteiger partial charge in [0.2, 0.25) is 0 Å². The molecule has 0 amide bonds. The van der Waals surface area contributed by atoms with E-state index in [1.165, 1.54) is 43.9 Å². The second kappa shape index (κ2) is 9.48. The van der Waals surface area contributed by atoms with Crippen molar-refractivity contribution in [2.45, 2.75) is 26.2 Å². The quantitative estimate of drug-likeness (QED) is 0.207. The first-order chi connectivity index (χ1) is 22.0. The lowest BCUT2D eigenvalue weighted by atomic mass is 9.73. The fraction of sp³-hybridized carbons (Fsp3) is 0.0952. The van der Waals surface area contributed by atoms with Crippen LogP contribution in [0.15, 0.2) is 140 Å². The maximum absolute atomic E-state index is 6.57. The van der Waals surface area contributed by atoms with Gasteiger partial charge in [0.05, 0.1) is 22.7 Å². The van der Waals surface area contributed by atoms with Crippen LogP contribution in [0.2, 0.25) is 0 Å². The number of rotatable bonds is 3. The molecule has 0 saturated heterocycles. The van der Waals surface area contributed by atoms with Gasteiger partial charge >= 0.3 is 0 Å². The highest BCUT2D eigenvalue weighted by molar-refractivity contribution is 6.01. The van der Waals surface area contributed by atoms with Crippen molar-refractivity contribution >= 4 is 55.7 Å². The van der Waals surface area contributed by atoms with Crippen LogP contribution in [0.3, 0.4) is 0 Å². The van der Waals surface area contributed by atoms with Gasteiger partial charge in [0, 0.05) is 22.2 Å². The molecular weight excluding hydrogens is 548 g/mol. The van der Waals surface area contributed by atoms with E-state index in [4.69, 9.17) is 4.74 Å². The molecule has 45 heavy (non-hydrogen) atoms. The van der Waals surface area contributed by atoms with Crippen LogP contribution in [0.25, 0.3) is 21.5 Å². The number of para-hydroxylation sites is 2. The van der Waals surface area contributed by atoms with Gasteiger partial charge in [-0.25, -0.2) is 0 Å². The molecule has 7 aromatic carbocycles. The minimum absolute atomic E-state index is 0.216. The average molecular weight is 581 g/mol. The largest absolute Gasteiger partial charge is 0.453 e. The van der Waals surface area contributed by atoms with E-state index in [1.807, 2.05) is 0 Å². The number of hydrogen-bond donors (Lipinski definition) is 0. The molecule has 0 N–H and O–H groups in total. The Morgan fingerprint density at radius 2 is 1.22 bits per heavy atom. The fourth-order valence-electron chi connectivity index (χ4n) is 7.48. The third-order valence-corrected chi connectivity index (χ3v) is 9.69. The smallest absolute Gasteiger partial charge is 0.151 e. The van der Waals surface area contributed by atoms with E-state index in [0.717, 1.165) is 39.9 Å². The molecule has 216 valence electrons. The molecule has 2 aliphatic heterocycles. The number of benzene rings is 7. The minimum atomic E-state index is -0.216. The third-order valence-electron chi connectivity index (χ3n) is 9.69. The number of aryl methyl sites for hydroxylation is 1. The van der Waals surface area contributed by atoms with Gasteiger partial charge < -0.3 is 14.5 Å². The van der Waals surface area contributed by atoms with Crippen LogP contribution in [-0.2, 0) is 5.41 Å². The van der Waals surface area contributed by atoms with Crippen LogP contribution in [0.4, 0.5) is 34.1 Å². The number of nitrogens with zero attached hydrogens (tertiary/aromatic N) is 2. The van der Waals surface area contributed by atoms with Crippen LogP contribution in [0.1, 0.15) is 30.5 Å². The maximum atomic E-state index is 6.57. The summed E-state index contributed by atoms with van der Waals surface area (Å²) >= 11 is 0. The van der Waals surface area contributed by atoms with Gasteiger partial charge in [-0.05, 0) is 82.2 Å². The van der Waals surface area contributed by atoms with Crippen molar-refractivity contribution < 1.29 is 4.74 Å². The summed E-state index contributed by atoms with van der Waals surface area (Å²) in [5, 5.41) is 4.88. The average Bonchev–Trinajstić information content (AvgIpc) is 3.07. The van der Waals surface area contributed by atoms with Crippen LogP contribution in [-0.4, -0.2) is 0 Å². The van der Waals surface area contributed by atoms with Gasteiger partial charge in [0.1, 0.15) is 0 Å². The van der Waals surface area contributed by atoms with E-state index in [0.29, 0.717) is 0 Å². The first-order valence-electron chi connectivity index (χ1n) is 15.6. The topological polar surface area (TPSA) is 15.7 Å². The first kappa shape index (κ1) is 25.9. The zero-order chi connectivity index (χ0) is 30.3. The molecule has 0 spiro atoms. The third kappa shape index (κ3) is 3.77. The van der Waals surface area contributed by atoms with E-state index in [2.05, 4.69) is 170 Å². The van der Waals surface area contributed by atoms with Crippen LogP contribution in [0.5, 0.6) is 11.5 Å². The summed E-state index contributed by atoms with van der Waals surface area (Å²) in [5.74, 6) is 1.78. The number of hydrogen-bond acceptors (Lipinski definition) is 3. The Hall–Kier alpha value is -5.54. The molecule has 0 aliphatic carbocycles. The standard InChI is InChI=1S/C42H32N2O/c1-27-11-8-19-38-40(27)44-37-26-32(23-24-34(37)42(2,3)35-17-10-20-39(45-38)41(35)44)43(31-22-21-28-12-4-5-14-30(28)25-31)36-18-9-15-29-13-6-7-16-33(29)36/h4-26H,1-3H3. The van der Waals surface area contributed by atoms with E-state index in [1.54, 1.807) is 0 Å². The monoisotopic (exact) mass is 580 g/mol. The Morgan fingerprint density at radius 3 is 2.09 bits per heavy atom. The Kier molecular flexibility index (Phi) is 5.46. The molecule has 3 heteroatoms. The molecule has 0 aromatic heterocycles. The molecule has 0 saturated carbocycles. The van der Waals surface area contributed by atoms with E-state index >= 15 is 0 Å². The van der Waals surface area contributed by atoms with Crippen molar-refractivity contribution in [3.63, 3.8) is 0 Å². The van der Waals surface area contributed by atoms with Gasteiger partial charge in [-0.2, -0.15) is 0 Å². The van der Waals surface area contributed by atoms with E-state index < -0.39 is 0 Å². The van der Waals surface area contributed by atoms with Crippen LogP contribution >= 0.6 is 0 Å². The molecule has 0 fully saturated rings. The summed E-state index contributed by atoms with van der Waals surface area (Å²) in [6.07, 6.45) is 0. The molecule has 0 unspecified atom stereocenters. The number of anilines is 6. The Balaban J connectivity index is 1.33. The predicted octanol–water partition coefficient (Wildman–Crippen LogP) is 12.0. The summed E-state index contributed by atoms with van der Waals surface area (Å²) in [6.45, 7) is 6.84. The highest BCUT2D eigenvalue weighted by atomic mass is 16.5. The Labute approximate surface area is 263 Å². The van der Waals surface area contributed by atoms with Crippen molar-refractivity contribution in [3.05, 3.63) is 156 Å². The van der Waals surface area contributed by atoms with Crippen molar-refractivity contribution in [2.24, 2.45) is 0 Å². The molecule has 0 bridgehead atoms. The predicted molar refractivity (Wildman–Crippen MR) is 188 cm³/mol. The molecular formula is C42H32N2O. The van der Waals surface area contributed by atoms with Crippen LogP contribution in [0, 0.1) is 6.92 Å². The van der Waals surface area contributed by atoms with Gasteiger partial charge in [-0.3, -0.25) is 0 Å².